The maximum Gasteiger partial charge on any atom is 0.408 e. The summed E-state index contributed by atoms with van der Waals surface area (Å²) in [5, 5.41) is 2.81. The van der Waals surface area contributed by atoms with Crippen molar-refractivity contribution in [2.24, 2.45) is 11.8 Å². The first-order valence-electron chi connectivity index (χ1n) is 9.97. The summed E-state index contributed by atoms with van der Waals surface area (Å²) in [6, 6.07) is 9.21. The minimum Gasteiger partial charge on any atom is -0.444 e. The van der Waals surface area contributed by atoms with Crippen LogP contribution in [0.5, 0.6) is 0 Å². The number of amides is 1. The normalized spacial score (nSPS) is 21.1. The second kappa shape index (κ2) is 9.72. The highest BCUT2D eigenvalue weighted by atomic mass is 16.6. The van der Waals surface area contributed by atoms with Crippen LogP contribution >= 0.6 is 0 Å². The Morgan fingerprint density at radius 2 is 1.89 bits per heavy atom. The first-order valence-corrected chi connectivity index (χ1v) is 9.97. The van der Waals surface area contributed by atoms with Crippen LogP contribution in [-0.2, 0) is 16.0 Å². The molecule has 1 aliphatic rings. The van der Waals surface area contributed by atoms with Crippen LogP contribution in [0.1, 0.15) is 58.4 Å². The van der Waals surface area contributed by atoms with Crippen molar-refractivity contribution in [1.82, 2.24) is 5.32 Å². The molecule has 0 heterocycles. The van der Waals surface area contributed by atoms with Gasteiger partial charge in [-0.1, -0.05) is 49.2 Å². The molecule has 3 atom stereocenters. The van der Waals surface area contributed by atoms with Gasteiger partial charge in [-0.25, -0.2) is 4.79 Å². The van der Waals surface area contributed by atoms with E-state index in [0.29, 0.717) is 24.7 Å². The predicted molar refractivity (Wildman–Crippen MR) is 109 cm³/mol. The van der Waals surface area contributed by atoms with E-state index < -0.39 is 17.7 Å². The molecule has 0 unspecified atom stereocenters. The van der Waals surface area contributed by atoms with Gasteiger partial charge >= 0.3 is 6.09 Å². The van der Waals surface area contributed by atoms with Gasteiger partial charge in [-0.3, -0.25) is 4.79 Å². The molecular weight excluding hydrogens is 338 g/mol. The van der Waals surface area contributed by atoms with E-state index in [-0.39, 0.29) is 5.78 Å². The van der Waals surface area contributed by atoms with Gasteiger partial charge in [0.05, 0.1) is 6.04 Å². The van der Waals surface area contributed by atoms with Crippen LogP contribution in [0, 0.1) is 11.8 Å². The van der Waals surface area contributed by atoms with Gasteiger partial charge in [0.25, 0.3) is 0 Å². The van der Waals surface area contributed by atoms with Gasteiger partial charge in [0.1, 0.15) is 5.60 Å². The number of benzene rings is 1. The molecule has 1 aromatic carbocycles. The van der Waals surface area contributed by atoms with E-state index in [1.807, 2.05) is 57.2 Å². The summed E-state index contributed by atoms with van der Waals surface area (Å²) >= 11 is 0. The second-order valence-electron chi connectivity index (χ2n) is 8.50. The number of ketones is 1. The average Bonchev–Trinajstić information content (AvgIpc) is 2.61. The van der Waals surface area contributed by atoms with E-state index in [0.717, 1.165) is 24.8 Å². The Morgan fingerprint density at radius 1 is 1.22 bits per heavy atom. The van der Waals surface area contributed by atoms with Crippen molar-refractivity contribution in [2.45, 2.75) is 70.9 Å². The summed E-state index contributed by atoms with van der Waals surface area (Å²) < 4.78 is 5.37. The van der Waals surface area contributed by atoms with Crippen LogP contribution in [0.4, 0.5) is 4.79 Å². The van der Waals surface area contributed by atoms with Crippen molar-refractivity contribution in [1.29, 1.82) is 0 Å². The van der Waals surface area contributed by atoms with E-state index in [1.165, 1.54) is 6.42 Å². The fraction of sp³-hybridized carbons (Fsp3) is 0.565. The topological polar surface area (TPSA) is 55.4 Å². The third-order valence-electron chi connectivity index (χ3n) is 5.10. The summed E-state index contributed by atoms with van der Waals surface area (Å²) in [6.07, 6.45) is 6.91. The van der Waals surface area contributed by atoms with E-state index in [9.17, 15) is 9.59 Å². The molecule has 1 saturated carbocycles. The fourth-order valence-corrected chi connectivity index (χ4v) is 3.75. The highest BCUT2D eigenvalue weighted by molar-refractivity contribution is 5.88. The molecule has 0 spiro atoms. The van der Waals surface area contributed by atoms with Gasteiger partial charge < -0.3 is 10.1 Å². The molecule has 1 N–H and O–H groups in total. The average molecular weight is 372 g/mol. The highest BCUT2D eigenvalue weighted by Crippen LogP contribution is 2.33. The van der Waals surface area contributed by atoms with E-state index >= 15 is 0 Å². The molecule has 1 aromatic rings. The maximum absolute atomic E-state index is 13.1. The van der Waals surface area contributed by atoms with Crippen molar-refractivity contribution >= 4 is 11.9 Å². The SMILES string of the molecule is C=C[C@@H]1CCCC[C@H]1CC(=O)[C@H](Cc1ccccc1)NC(=O)OC(C)(C)C. The van der Waals surface area contributed by atoms with Crippen LogP contribution in [0.2, 0.25) is 0 Å². The lowest BCUT2D eigenvalue weighted by Gasteiger charge is -2.30. The number of alkyl carbamates (subject to hydrolysis) is 1. The molecule has 27 heavy (non-hydrogen) atoms. The quantitative estimate of drug-likeness (QED) is 0.681. The van der Waals surface area contributed by atoms with Gasteiger partial charge in [0, 0.05) is 6.42 Å². The van der Waals surface area contributed by atoms with Gasteiger partial charge in [0.2, 0.25) is 0 Å². The van der Waals surface area contributed by atoms with Crippen LogP contribution in [0.3, 0.4) is 0 Å². The van der Waals surface area contributed by atoms with Gasteiger partial charge in [-0.2, -0.15) is 0 Å². The summed E-state index contributed by atoms with van der Waals surface area (Å²) in [5.74, 6) is 0.785. The Bertz CT molecular complexity index is 633. The number of allylic oxidation sites excluding steroid dienone is 1. The lowest BCUT2D eigenvalue weighted by Crippen LogP contribution is -2.45. The first-order chi connectivity index (χ1) is 12.8. The molecule has 0 bridgehead atoms. The van der Waals surface area contributed by atoms with Crippen molar-refractivity contribution in [2.75, 3.05) is 0 Å². The Morgan fingerprint density at radius 3 is 2.52 bits per heavy atom. The molecule has 0 aliphatic heterocycles. The number of nitrogens with one attached hydrogen (secondary N) is 1. The van der Waals surface area contributed by atoms with E-state index in [4.69, 9.17) is 4.74 Å². The molecule has 0 aromatic heterocycles. The minimum absolute atomic E-state index is 0.0727. The molecule has 4 nitrogen and oxygen atoms in total. The van der Waals surface area contributed by atoms with Crippen LogP contribution in [0.15, 0.2) is 43.0 Å². The molecular formula is C23H33NO3. The zero-order valence-electron chi connectivity index (χ0n) is 16.9. The number of carbonyl (C=O) groups excluding carboxylic acids is 2. The Labute approximate surface area is 163 Å². The molecule has 4 heteroatoms. The number of Topliss-reactive ketones (excluding diaryl/α,β-unsaturated/α-hetero) is 1. The Kier molecular flexibility index (Phi) is 7.64. The van der Waals surface area contributed by atoms with Crippen molar-refractivity contribution < 1.29 is 14.3 Å². The fourth-order valence-electron chi connectivity index (χ4n) is 3.75. The maximum atomic E-state index is 13.1. The molecule has 1 aliphatic carbocycles. The summed E-state index contributed by atoms with van der Waals surface area (Å²) in [6.45, 7) is 9.39. The molecule has 2 rings (SSSR count). The lowest BCUT2D eigenvalue weighted by atomic mass is 9.76. The number of rotatable bonds is 7. The Balaban J connectivity index is 2.08. The van der Waals surface area contributed by atoms with E-state index in [1.54, 1.807) is 0 Å². The summed E-state index contributed by atoms with van der Waals surface area (Å²) in [7, 11) is 0. The first kappa shape index (κ1) is 21.2. The number of ether oxygens (including phenoxy) is 1. The standard InChI is InChI=1S/C23H33NO3/c1-5-18-13-9-10-14-19(18)16-21(25)20(15-17-11-7-6-8-12-17)24-22(26)27-23(2,3)4/h5-8,11-12,18-20H,1,9-10,13-16H2,2-4H3,(H,24,26)/t18-,19+,20+/m1/s1. The zero-order chi connectivity index (χ0) is 19.9. The predicted octanol–water partition coefficient (Wildman–Crippen LogP) is 5.07. The molecule has 0 saturated heterocycles. The van der Waals surface area contributed by atoms with Gasteiger partial charge in [-0.05, 0) is 57.4 Å². The number of carbonyl (C=O) groups is 2. The highest BCUT2D eigenvalue weighted by Gasteiger charge is 2.30. The van der Waals surface area contributed by atoms with Gasteiger partial charge in [0.15, 0.2) is 5.78 Å². The van der Waals surface area contributed by atoms with Crippen LogP contribution in [0.25, 0.3) is 0 Å². The van der Waals surface area contributed by atoms with Crippen LogP contribution in [-0.4, -0.2) is 23.5 Å². The van der Waals surface area contributed by atoms with Crippen LogP contribution < -0.4 is 5.32 Å². The summed E-state index contributed by atoms with van der Waals surface area (Å²) in [5.41, 5.74) is 0.428. The minimum atomic E-state index is -0.596. The molecule has 1 fully saturated rings. The monoisotopic (exact) mass is 371 g/mol. The number of hydrogen-bond donors (Lipinski definition) is 1. The largest absolute Gasteiger partial charge is 0.444 e. The molecule has 148 valence electrons. The van der Waals surface area contributed by atoms with Gasteiger partial charge in [-0.15, -0.1) is 6.58 Å². The van der Waals surface area contributed by atoms with Crippen molar-refractivity contribution in [3.8, 4) is 0 Å². The zero-order valence-corrected chi connectivity index (χ0v) is 16.9. The lowest BCUT2D eigenvalue weighted by molar-refractivity contribution is -0.122. The molecule has 1 amide bonds. The van der Waals surface area contributed by atoms with E-state index in [2.05, 4.69) is 11.9 Å². The second-order valence-corrected chi connectivity index (χ2v) is 8.50. The third-order valence-corrected chi connectivity index (χ3v) is 5.10. The third kappa shape index (κ3) is 7.20. The van der Waals surface area contributed by atoms with Crippen molar-refractivity contribution in [3.05, 3.63) is 48.6 Å². The number of hydrogen-bond acceptors (Lipinski definition) is 3. The smallest absolute Gasteiger partial charge is 0.408 e. The summed E-state index contributed by atoms with van der Waals surface area (Å²) in [4.78, 5) is 25.3. The molecule has 0 radical (unpaired) electrons. The Hall–Kier alpha value is -2.10. The van der Waals surface area contributed by atoms with Crippen molar-refractivity contribution in [3.63, 3.8) is 0 Å².